The summed E-state index contributed by atoms with van der Waals surface area (Å²) in [4.78, 5) is 0. The first-order valence-electron chi connectivity index (χ1n) is 7.26. The van der Waals surface area contributed by atoms with Crippen molar-refractivity contribution in [3.63, 3.8) is 0 Å². The molecule has 1 atom stereocenters. The Morgan fingerprint density at radius 2 is 1.70 bits per heavy atom. The molecule has 0 amide bonds. The molecule has 2 aromatic carbocycles. The minimum atomic E-state index is 0.335. The Hall–Kier alpha value is -1.86. The molecule has 0 aliphatic rings. The summed E-state index contributed by atoms with van der Waals surface area (Å²) >= 11 is 0. The van der Waals surface area contributed by atoms with Gasteiger partial charge in [-0.15, -0.1) is 0 Å². The molecule has 2 aromatic rings. The van der Waals surface area contributed by atoms with E-state index in [9.17, 15) is 0 Å². The molecule has 0 aromatic heterocycles. The minimum absolute atomic E-state index is 0.335. The van der Waals surface area contributed by atoms with Crippen LogP contribution in [0.15, 0.2) is 61.2 Å². The van der Waals surface area contributed by atoms with Gasteiger partial charge in [0, 0.05) is 12.6 Å². The van der Waals surface area contributed by atoms with Gasteiger partial charge in [-0.25, -0.2) is 0 Å². The van der Waals surface area contributed by atoms with E-state index in [0.717, 1.165) is 18.5 Å². The normalized spacial score (nSPS) is 12.1. The molecule has 1 unspecified atom stereocenters. The lowest BCUT2D eigenvalue weighted by atomic mass is 10.0. The van der Waals surface area contributed by atoms with Gasteiger partial charge < -0.3 is 5.32 Å². The molecule has 1 nitrogen and oxygen atoms in total. The first-order valence-corrected chi connectivity index (χ1v) is 7.26. The van der Waals surface area contributed by atoms with Gasteiger partial charge in [0.1, 0.15) is 0 Å². The Morgan fingerprint density at radius 3 is 2.30 bits per heavy atom. The van der Waals surface area contributed by atoms with Crippen LogP contribution in [0.4, 0.5) is 0 Å². The zero-order valence-corrected chi connectivity index (χ0v) is 12.4. The fourth-order valence-corrected chi connectivity index (χ4v) is 2.21. The summed E-state index contributed by atoms with van der Waals surface area (Å²) < 4.78 is 0. The predicted octanol–water partition coefficient (Wildman–Crippen LogP) is 4.61. The minimum Gasteiger partial charge on any atom is -0.306 e. The van der Waals surface area contributed by atoms with E-state index in [1.54, 1.807) is 0 Å². The lowest BCUT2D eigenvalue weighted by Crippen LogP contribution is -2.20. The summed E-state index contributed by atoms with van der Waals surface area (Å²) in [6, 6.07) is 19.5. The predicted molar refractivity (Wildman–Crippen MR) is 87.7 cm³/mol. The first-order chi connectivity index (χ1) is 9.70. The highest BCUT2D eigenvalue weighted by molar-refractivity contribution is 5.64. The molecule has 104 valence electrons. The topological polar surface area (TPSA) is 12.0 Å². The Morgan fingerprint density at radius 1 is 1.05 bits per heavy atom. The Labute approximate surface area is 122 Å². The quantitative estimate of drug-likeness (QED) is 0.804. The van der Waals surface area contributed by atoms with Crippen LogP contribution in [0, 0.1) is 0 Å². The van der Waals surface area contributed by atoms with Crippen LogP contribution in [-0.2, 0) is 6.42 Å². The number of nitrogens with one attached hydrogen (secondary N) is 1. The van der Waals surface area contributed by atoms with E-state index in [0.29, 0.717) is 6.04 Å². The fraction of sp³-hybridized carbons (Fsp3) is 0.263. The van der Waals surface area contributed by atoms with Gasteiger partial charge in [-0.3, -0.25) is 0 Å². The molecule has 0 aliphatic heterocycles. The summed E-state index contributed by atoms with van der Waals surface area (Å²) in [6.07, 6.45) is 1.09. The zero-order chi connectivity index (χ0) is 14.4. The number of hydrogen-bond acceptors (Lipinski definition) is 1. The van der Waals surface area contributed by atoms with Gasteiger partial charge in [-0.05, 0) is 35.6 Å². The maximum Gasteiger partial charge on any atom is 0.0294 e. The van der Waals surface area contributed by atoms with Crippen molar-refractivity contribution in [1.29, 1.82) is 0 Å². The van der Waals surface area contributed by atoms with E-state index < -0.39 is 0 Å². The summed E-state index contributed by atoms with van der Waals surface area (Å²) in [5.74, 6) is 0. The molecular weight excluding hydrogens is 242 g/mol. The van der Waals surface area contributed by atoms with Crippen molar-refractivity contribution in [2.24, 2.45) is 0 Å². The van der Waals surface area contributed by atoms with Gasteiger partial charge in [0.2, 0.25) is 0 Å². The van der Waals surface area contributed by atoms with Gasteiger partial charge in [-0.2, -0.15) is 0 Å². The zero-order valence-electron chi connectivity index (χ0n) is 12.4. The monoisotopic (exact) mass is 265 g/mol. The highest BCUT2D eigenvalue weighted by Gasteiger charge is 2.05. The standard InChI is InChI=1S/C19H23N/c1-4-17-10-12-19(13-11-17)16(3)20-14-15(2)18-8-6-5-7-9-18/h5-13,16,20H,2,4,14H2,1,3H3. The maximum absolute atomic E-state index is 4.16. The highest BCUT2D eigenvalue weighted by atomic mass is 14.9. The maximum atomic E-state index is 4.16. The van der Waals surface area contributed by atoms with Crippen molar-refractivity contribution >= 4 is 5.57 Å². The van der Waals surface area contributed by atoms with Crippen molar-refractivity contribution in [2.45, 2.75) is 26.3 Å². The highest BCUT2D eigenvalue weighted by Crippen LogP contribution is 2.16. The van der Waals surface area contributed by atoms with Gasteiger partial charge in [0.15, 0.2) is 0 Å². The largest absolute Gasteiger partial charge is 0.306 e. The lowest BCUT2D eigenvalue weighted by Gasteiger charge is -2.16. The molecule has 0 spiro atoms. The molecule has 2 rings (SSSR count). The van der Waals surface area contributed by atoms with Crippen molar-refractivity contribution in [1.82, 2.24) is 5.32 Å². The van der Waals surface area contributed by atoms with Crippen LogP contribution in [0.2, 0.25) is 0 Å². The number of hydrogen-bond donors (Lipinski definition) is 1. The van der Waals surface area contributed by atoms with Gasteiger partial charge >= 0.3 is 0 Å². The summed E-state index contributed by atoms with van der Waals surface area (Å²) in [7, 11) is 0. The molecule has 1 heteroatoms. The molecule has 0 heterocycles. The Balaban J connectivity index is 1.91. The van der Waals surface area contributed by atoms with Gasteiger partial charge in [0.05, 0.1) is 0 Å². The third kappa shape index (κ3) is 3.82. The third-order valence-electron chi connectivity index (χ3n) is 3.69. The van der Waals surface area contributed by atoms with Crippen LogP contribution < -0.4 is 5.32 Å². The van der Waals surface area contributed by atoms with E-state index in [1.165, 1.54) is 16.7 Å². The number of aryl methyl sites for hydroxylation is 1. The van der Waals surface area contributed by atoms with Crippen LogP contribution in [0.3, 0.4) is 0 Å². The molecule has 0 saturated heterocycles. The van der Waals surface area contributed by atoms with Crippen LogP contribution in [0.25, 0.3) is 5.57 Å². The van der Waals surface area contributed by atoms with E-state index in [4.69, 9.17) is 0 Å². The second-order valence-corrected chi connectivity index (χ2v) is 5.17. The molecule has 0 bridgehead atoms. The average molecular weight is 265 g/mol. The molecule has 0 radical (unpaired) electrons. The van der Waals surface area contributed by atoms with Crippen molar-refractivity contribution < 1.29 is 0 Å². The van der Waals surface area contributed by atoms with Crippen LogP contribution in [-0.4, -0.2) is 6.54 Å². The molecule has 1 N–H and O–H groups in total. The molecule has 20 heavy (non-hydrogen) atoms. The van der Waals surface area contributed by atoms with Gasteiger partial charge in [-0.1, -0.05) is 68.1 Å². The lowest BCUT2D eigenvalue weighted by molar-refractivity contribution is 0.622. The Kier molecular flexibility index (Phi) is 5.14. The first kappa shape index (κ1) is 14.5. The van der Waals surface area contributed by atoms with Crippen LogP contribution in [0.5, 0.6) is 0 Å². The summed E-state index contributed by atoms with van der Waals surface area (Å²) in [5.41, 5.74) is 5.04. The smallest absolute Gasteiger partial charge is 0.0294 e. The van der Waals surface area contributed by atoms with Crippen molar-refractivity contribution in [3.8, 4) is 0 Å². The molecule has 0 fully saturated rings. The van der Waals surface area contributed by atoms with E-state index in [2.05, 4.69) is 62.1 Å². The second kappa shape index (κ2) is 7.06. The molecule has 0 aliphatic carbocycles. The van der Waals surface area contributed by atoms with Gasteiger partial charge in [0.25, 0.3) is 0 Å². The average Bonchev–Trinajstić information content (AvgIpc) is 2.53. The summed E-state index contributed by atoms with van der Waals surface area (Å²) in [6.45, 7) is 9.34. The fourth-order valence-electron chi connectivity index (χ4n) is 2.21. The van der Waals surface area contributed by atoms with E-state index in [-0.39, 0.29) is 0 Å². The summed E-state index contributed by atoms with van der Waals surface area (Å²) in [5, 5.41) is 3.54. The number of benzene rings is 2. The Bertz CT molecular complexity index is 540. The van der Waals surface area contributed by atoms with Crippen molar-refractivity contribution in [2.75, 3.05) is 6.54 Å². The number of rotatable bonds is 6. The van der Waals surface area contributed by atoms with E-state index >= 15 is 0 Å². The van der Waals surface area contributed by atoms with E-state index in [1.807, 2.05) is 18.2 Å². The van der Waals surface area contributed by atoms with Crippen LogP contribution in [0.1, 0.15) is 36.6 Å². The van der Waals surface area contributed by atoms with Crippen LogP contribution >= 0.6 is 0 Å². The van der Waals surface area contributed by atoms with Crippen molar-refractivity contribution in [3.05, 3.63) is 77.9 Å². The molecule has 0 saturated carbocycles. The molecular formula is C19H23N. The third-order valence-corrected chi connectivity index (χ3v) is 3.69. The second-order valence-electron chi connectivity index (χ2n) is 5.17. The SMILES string of the molecule is C=C(CNC(C)c1ccc(CC)cc1)c1ccccc1.